The Balaban J connectivity index is 3.36. The van der Waals surface area contributed by atoms with Crippen LogP contribution < -0.4 is 5.32 Å². The van der Waals surface area contributed by atoms with Crippen LogP contribution in [0.5, 0.6) is 0 Å². The average molecular weight is 1130 g/mol. The number of unbranched alkanes of at least 4 members (excludes halogenated alkanes) is 56. The Morgan fingerprint density at radius 1 is 0.338 bits per heavy atom. The van der Waals surface area contributed by atoms with Crippen molar-refractivity contribution in [3.63, 3.8) is 0 Å². The number of esters is 1. The fourth-order valence-electron chi connectivity index (χ4n) is 11.6. The van der Waals surface area contributed by atoms with E-state index >= 15 is 0 Å². The first-order valence-corrected chi connectivity index (χ1v) is 36.6. The van der Waals surface area contributed by atoms with Gasteiger partial charge in [-0.05, 0) is 57.8 Å². The molecular formula is C74H143NO5. The van der Waals surface area contributed by atoms with E-state index in [2.05, 4.69) is 31.3 Å². The van der Waals surface area contributed by atoms with Gasteiger partial charge in [-0.1, -0.05) is 366 Å². The topological polar surface area (TPSA) is 95.9 Å². The van der Waals surface area contributed by atoms with Crippen molar-refractivity contribution in [2.45, 2.75) is 424 Å². The molecule has 3 N–H and O–H groups in total. The lowest BCUT2D eigenvalue weighted by atomic mass is 10.0. The Morgan fingerprint density at radius 2 is 0.588 bits per heavy atom. The molecule has 80 heavy (non-hydrogen) atoms. The van der Waals surface area contributed by atoms with E-state index in [1.165, 1.54) is 340 Å². The minimum atomic E-state index is -0.842. The molecule has 0 aliphatic carbocycles. The molecule has 2 unspecified atom stereocenters. The van der Waals surface area contributed by atoms with Crippen molar-refractivity contribution in [2.24, 2.45) is 0 Å². The smallest absolute Gasteiger partial charge is 0.305 e. The Morgan fingerprint density at radius 3 is 0.887 bits per heavy atom. The van der Waals surface area contributed by atoms with E-state index in [0.29, 0.717) is 19.4 Å². The highest BCUT2D eigenvalue weighted by atomic mass is 16.5. The second-order valence-corrected chi connectivity index (χ2v) is 25.3. The number of aliphatic hydroxyl groups is 2. The summed E-state index contributed by atoms with van der Waals surface area (Å²) in [4.78, 5) is 24.6. The van der Waals surface area contributed by atoms with Gasteiger partial charge in [0.1, 0.15) is 0 Å². The number of hydrogen-bond donors (Lipinski definition) is 3. The molecule has 0 aromatic carbocycles. The number of rotatable bonds is 69. The third-order valence-electron chi connectivity index (χ3n) is 17.2. The van der Waals surface area contributed by atoms with Crippen LogP contribution in [0.25, 0.3) is 0 Å². The SMILES string of the molecule is CCCCCCCC/C=C\CCCCCCCC(=O)OCCCCCCCCCCCCCCCCCCCCCCCCCCCCCCCC(=O)NC(CO)C(O)/C=C/CCCCCCCCCCCCCCCCCCC. The molecule has 1 amide bonds. The summed E-state index contributed by atoms with van der Waals surface area (Å²) in [5, 5.41) is 23.2. The van der Waals surface area contributed by atoms with E-state index in [1.54, 1.807) is 6.08 Å². The lowest BCUT2D eigenvalue weighted by molar-refractivity contribution is -0.143. The van der Waals surface area contributed by atoms with E-state index in [1.807, 2.05) is 6.08 Å². The Bertz CT molecular complexity index is 1250. The number of allylic oxidation sites excluding steroid dienone is 3. The van der Waals surface area contributed by atoms with Crippen LogP contribution in [0.3, 0.4) is 0 Å². The van der Waals surface area contributed by atoms with E-state index in [9.17, 15) is 19.8 Å². The van der Waals surface area contributed by atoms with Crippen LogP contribution in [0.15, 0.2) is 24.3 Å². The molecule has 0 bridgehead atoms. The fourth-order valence-corrected chi connectivity index (χ4v) is 11.6. The van der Waals surface area contributed by atoms with E-state index in [-0.39, 0.29) is 18.5 Å². The van der Waals surface area contributed by atoms with Crippen LogP contribution >= 0.6 is 0 Å². The predicted molar refractivity (Wildman–Crippen MR) is 352 cm³/mol. The van der Waals surface area contributed by atoms with Gasteiger partial charge in [0.2, 0.25) is 5.91 Å². The minimum absolute atomic E-state index is 0.0120. The van der Waals surface area contributed by atoms with Gasteiger partial charge in [-0.2, -0.15) is 0 Å². The van der Waals surface area contributed by atoms with Crippen molar-refractivity contribution < 1.29 is 24.5 Å². The lowest BCUT2D eigenvalue weighted by Crippen LogP contribution is -2.45. The Hall–Kier alpha value is -1.66. The molecule has 0 aliphatic rings. The maximum absolute atomic E-state index is 12.5. The highest BCUT2D eigenvalue weighted by molar-refractivity contribution is 5.76. The molecule has 0 fully saturated rings. The molecule has 0 aromatic heterocycles. The van der Waals surface area contributed by atoms with Gasteiger partial charge in [-0.3, -0.25) is 9.59 Å². The summed E-state index contributed by atoms with van der Waals surface area (Å²) in [6, 6.07) is -0.625. The zero-order valence-corrected chi connectivity index (χ0v) is 54.3. The maximum Gasteiger partial charge on any atom is 0.305 e. The van der Waals surface area contributed by atoms with Gasteiger partial charge >= 0.3 is 5.97 Å². The third kappa shape index (κ3) is 65.5. The monoisotopic (exact) mass is 1130 g/mol. The van der Waals surface area contributed by atoms with Gasteiger partial charge in [0.05, 0.1) is 25.4 Å². The van der Waals surface area contributed by atoms with Gasteiger partial charge in [0.15, 0.2) is 0 Å². The highest BCUT2D eigenvalue weighted by Crippen LogP contribution is 2.19. The first kappa shape index (κ1) is 78.3. The molecule has 0 radical (unpaired) electrons. The number of amides is 1. The van der Waals surface area contributed by atoms with Crippen molar-refractivity contribution in [3.05, 3.63) is 24.3 Å². The average Bonchev–Trinajstić information content (AvgIpc) is 3.46. The molecule has 0 spiro atoms. The van der Waals surface area contributed by atoms with Crippen LogP contribution in [0, 0.1) is 0 Å². The molecule has 0 saturated carbocycles. The molecular weight excluding hydrogens is 983 g/mol. The van der Waals surface area contributed by atoms with Crippen LogP contribution in [0.1, 0.15) is 412 Å². The standard InChI is InChI=1S/C74H143NO5/c1-3-5-7-9-11-13-15-17-19-20-32-35-39-42-46-50-54-58-62-66-72(77)71(70-76)75-73(78)67-63-59-55-51-47-43-40-36-33-30-28-26-24-22-21-23-25-27-29-31-34-37-41-45-49-53-57-61-65-69-80-74(79)68-64-60-56-52-48-44-38-18-16-14-12-10-8-6-4-2/h18,38,62,66,71-72,76-77H,3-17,19-37,39-61,63-65,67-70H2,1-2H3,(H,75,78)/b38-18-,66-62+. The minimum Gasteiger partial charge on any atom is -0.466 e. The van der Waals surface area contributed by atoms with Gasteiger partial charge in [0.25, 0.3) is 0 Å². The second-order valence-electron chi connectivity index (χ2n) is 25.3. The number of ether oxygens (including phenoxy) is 1. The van der Waals surface area contributed by atoms with Gasteiger partial charge in [-0.25, -0.2) is 0 Å². The van der Waals surface area contributed by atoms with Crippen molar-refractivity contribution in [2.75, 3.05) is 13.2 Å². The van der Waals surface area contributed by atoms with Crippen molar-refractivity contribution >= 4 is 11.9 Å². The summed E-state index contributed by atoms with van der Waals surface area (Å²) in [6.07, 6.45) is 88.4. The summed E-state index contributed by atoms with van der Waals surface area (Å²) in [5.41, 5.74) is 0. The first-order valence-electron chi connectivity index (χ1n) is 36.6. The number of hydrogen-bond acceptors (Lipinski definition) is 5. The predicted octanol–water partition coefficient (Wildman–Crippen LogP) is 23.7. The van der Waals surface area contributed by atoms with Crippen molar-refractivity contribution in [1.29, 1.82) is 0 Å². The number of nitrogens with one attached hydrogen (secondary N) is 1. The van der Waals surface area contributed by atoms with Gasteiger partial charge in [0, 0.05) is 12.8 Å². The molecule has 474 valence electrons. The number of aliphatic hydroxyl groups excluding tert-OH is 2. The molecule has 0 rings (SSSR count). The Labute approximate surface area is 501 Å². The molecule has 0 saturated heterocycles. The van der Waals surface area contributed by atoms with Gasteiger partial charge < -0.3 is 20.3 Å². The zero-order chi connectivity index (χ0) is 57.8. The normalized spacial score (nSPS) is 12.6. The Kier molecular flexibility index (Phi) is 68.4. The highest BCUT2D eigenvalue weighted by Gasteiger charge is 2.18. The van der Waals surface area contributed by atoms with E-state index in [4.69, 9.17) is 4.74 Å². The van der Waals surface area contributed by atoms with Crippen LogP contribution in [-0.4, -0.2) is 47.4 Å². The number of carbonyl (C=O) groups excluding carboxylic acids is 2. The second kappa shape index (κ2) is 69.8. The molecule has 2 atom stereocenters. The molecule has 0 aliphatic heterocycles. The van der Waals surface area contributed by atoms with Gasteiger partial charge in [-0.15, -0.1) is 0 Å². The maximum atomic E-state index is 12.5. The van der Waals surface area contributed by atoms with Crippen LogP contribution in [0.4, 0.5) is 0 Å². The fraction of sp³-hybridized carbons (Fsp3) is 0.919. The summed E-state index contributed by atoms with van der Waals surface area (Å²) in [7, 11) is 0. The molecule has 0 heterocycles. The van der Waals surface area contributed by atoms with Crippen LogP contribution in [0.2, 0.25) is 0 Å². The summed E-state index contributed by atoms with van der Waals surface area (Å²) < 4.78 is 5.49. The summed E-state index contributed by atoms with van der Waals surface area (Å²) in [5.74, 6) is -0.0486. The molecule has 6 nitrogen and oxygen atoms in total. The molecule has 6 heteroatoms. The molecule has 0 aromatic rings. The zero-order valence-electron chi connectivity index (χ0n) is 54.3. The quantitative estimate of drug-likeness (QED) is 0.0320. The summed E-state index contributed by atoms with van der Waals surface area (Å²) in [6.45, 7) is 4.94. The largest absolute Gasteiger partial charge is 0.466 e. The first-order chi connectivity index (χ1) is 39.5. The van der Waals surface area contributed by atoms with Crippen LogP contribution in [-0.2, 0) is 14.3 Å². The van der Waals surface area contributed by atoms with Crippen molar-refractivity contribution in [1.82, 2.24) is 5.32 Å². The van der Waals surface area contributed by atoms with Crippen molar-refractivity contribution in [3.8, 4) is 0 Å². The number of carbonyl (C=O) groups is 2. The van der Waals surface area contributed by atoms with E-state index in [0.717, 1.165) is 44.9 Å². The van der Waals surface area contributed by atoms with E-state index < -0.39 is 12.1 Å². The third-order valence-corrected chi connectivity index (χ3v) is 17.2. The summed E-state index contributed by atoms with van der Waals surface area (Å²) >= 11 is 0. The lowest BCUT2D eigenvalue weighted by Gasteiger charge is -2.20.